The molecule has 0 saturated heterocycles. The number of nitrogens with one attached hydrogen (secondary N) is 1. The van der Waals surface area contributed by atoms with Gasteiger partial charge < -0.3 is 10.2 Å². The van der Waals surface area contributed by atoms with Crippen molar-refractivity contribution in [3.63, 3.8) is 0 Å². The first-order valence-corrected chi connectivity index (χ1v) is 9.56. The second kappa shape index (κ2) is 7.42. The Balaban J connectivity index is 1.68. The molecule has 7 nitrogen and oxygen atoms in total. The van der Waals surface area contributed by atoms with Crippen molar-refractivity contribution in [1.82, 2.24) is 24.4 Å². The molecule has 0 aliphatic heterocycles. The van der Waals surface area contributed by atoms with Gasteiger partial charge in [-0.3, -0.25) is 9.36 Å². The highest BCUT2D eigenvalue weighted by Crippen LogP contribution is 2.29. The number of hydrogen-bond acceptors (Lipinski definition) is 7. The lowest BCUT2D eigenvalue weighted by atomic mass is 10.3. The first-order valence-electron chi connectivity index (χ1n) is 8.74. The minimum atomic E-state index is -0.0882. The molecule has 0 fully saturated rings. The molecule has 0 amide bonds. The number of rotatable bonds is 6. The molecule has 1 N–H and O–H groups in total. The molecule has 3 heterocycles. The highest BCUT2D eigenvalue weighted by atomic mass is 32.1. The largest absolute Gasteiger partial charge is 0.354 e. The van der Waals surface area contributed by atoms with Crippen molar-refractivity contribution >= 4 is 37.7 Å². The third-order valence-electron chi connectivity index (χ3n) is 4.24. The van der Waals surface area contributed by atoms with E-state index in [-0.39, 0.29) is 5.56 Å². The van der Waals surface area contributed by atoms with Crippen molar-refractivity contribution in [2.24, 2.45) is 0 Å². The van der Waals surface area contributed by atoms with Gasteiger partial charge in [-0.1, -0.05) is 18.2 Å². The lowest BCUT2D eigenvalue weighted by Crippen LogP contribution is -2.17. The summed E-state index contributed by atoms with van der Waals surface area (Å²) in [5, 5.41) is 4.05. The molecule has 3 aromatic heterocycles. The van der Waals surface area contributed by atoms with Crippen molar-refractivity contribution in [2.75, 3.05) is 32.5 Å². The quantitative estimate of drug-likeness (QED) is 0.519. The Morgan fingerprint density at radius 3 is 2.78 bits per heavy atom. The smallest absolute Gasteiger partial charge is 0.275 e. The molecule has 0 bridgehead atoms. The van der Waals surface area contributed by atoms with Crippen molar-refractivity contribution in [1.29, 1.82) is 0 Å². The van der Waals surface area contributed by atoms with Crippen LogP contribution in [0.5, 0.6) is 0 Å². The Labute approximate surface area is 160 Å². The highest BCUT2D eigenvalue weighted by Gasteiger charge is 2.14. The number of hydrogen-bond donors (Lipinski definition) is 1. The zero-order chi connectivity index (χ0) is 18.8. The summed E-state index contributed by atoms with van der Waals surface area (Å²) in [5.41, 5.74) is 1.37. The highest BCUT2D eigenvalue weighted by molar-refractivity contribution is 7.25. The predicted molar refractivity (Wildman–Crippen MR) is 110 cm³/mol. The van der Waals surface area contributed by atoms with Crippen LogP contribution in [0.25, 0.3) is 26.1 Å². The molecule has 0 unspecified atom stereocenters. The second-order valence-corrected chi connectivity index (χ2v) is 7.53. The maximum Gasteiger partial charge on any atom is 0.275 e. The standard InChI is InChI=1S/C19H20N6OS/c1-24(2)10-6-9-20-19-21-11-14-15-16(27-17(14)23-19)18(26)25(12-22-15)13-7-4-3-5-8-13/h3-5,7-8,11-12H,6,9-10H2,1-2H3,(H,20,21,23). The van der Waals surface area contributed by atoms with E-state index in [4.69, 9.17) is 0 Å². The molecule has 4 rings (SSSR count). The van der Waals surface area contributed by atoms with E-state index in [0.29, 0.717) is 16.2 Å². The Kier molecular flexibility index (Phi) is 4.83. The minimum absolute atomic E-state index is 0.0882. The Hall–Kier alpha value is -2.84. The van der Waals surface area contributed by atoms with Gasteiger partial charge in [-0.05, 0) is 39.2 Å². The van der Waals surface area contributed by atoms with E-state index < -0.39 is 0 Å². The number of benzene rings is 1. The fraction of sp³-hybridized carbons (Fsp3) is 0.263. The number of fused-ring (bicyclic) bond motifs is 3. The normalized spacial score (nSPS) is 11.5. The zero-order valence-corrected chi connectivity index (χ0v) is 16.0. The van der Waals surface area contributed by atoms with Gasteiger partial charge >= 0.3 is 0 Å². The molecule has 1 aromatic carbocycles. The zero-order valence-electron chi connectivity index (χ0n) is 15.2. The molecular weight excluding hydrogens is 360 g/mol. The van der Waals surface area contributed by atoms with Gasteiger partial charge in [0.1, 0.15) is 15.9 Å². The summed E-state index contributed by atoms with van der Waals surface area (Å²) in [7, 11) is 4.10. The fourth-order valence-corrected chi connectivity index (χ4v) is 3.91. The van der Waals surface area contributed by atoms with Gasteiger partial charge in [0.2, 0.25) is 5.95 Å². The molecule has 138 valence electrons. The molecule has 0 spiro atoms. The van der Waals surface area contributed by atoms with Gasteiger partial charge in [0.15, 0.2) is 0 Å². The van der Waals surface area contributed by atoms with Crippen LogP contribution < -0.4 is 10.9 Å². The third kappa shape index (κ3) is 3.54. The van der Waals surface area contributed by atoms with Crippen LogP contribution in [0, 0.1) is 0 Å². The Morgan fingerprint density at radius 1 is 1.19 bits per heavy atom. The van der Waals surface area contributed by atoms with E-state index in [2.05, 4.69) is 39.3 Å². The lowest BCUT2D eigenvalue weighted by molar-refractivity contribution is 0.405. The number of anilines is 1. The number of aromatic nitrogens is 4. The van der Waals surface area contributed by atoms with E-state index in [1.165, 1.54) is 11.3 Å². The van der Waals surface area contributed by atoms with Crippen LogP contribution in [-0.4, -0.2) is 51.6 Å². The SMILES string of the molecule is CN(C)CCCNc1ncc2c(n1)sc1c(=O)n(-c3ccccc3)cnc12. The first-order chi connectivity index (χ1) is 13.1. The fourth-order valence-electron chi connectivity index (χ4n) is 2.88. The van der Waals surface area contributed by atoms with Gasteiger partial charge in [0.25, 0.3) is 5.56 Å². The van der Waals surface area contributed by atoms with Gasteiger partial charge in [-0.25, -0.2) is 15.0 Å². The summed E-state index contributed by atoms with van der Waals surface area (Å²) in [6, 6.07) is 9.49. The molecule has 0 aliphatic carbocycles. The average molecular weight is 380 g/mol. The average Bonchev–Trinajstić information content (AvgIpc) is 3.05. The number of para-hydroxylation sites is 1. The van der Waals surface area contributed by atoms with E-state index in [1.54, 1.807) is 17.1 Å². The van der Waals surface area contributed by atoms with Gasteiger partial charge in [-0.2, -0.15) is 0 Å². The van der Waals surface area contributed by atoms with E-state index in [9.17, 15) is 4.79 Å². The van der Waals surface area contributed by atoms with Crippen molar-refractivity contribution in [2.45, 2.75) is 6.42 Å². The van der Waals surface area contributed by atoms with Crippen LogP contribution >= 0.6 is 11.3 Å². The van der Waals surface area contributed by atoms with Crippen LogP contribution in [-0.2, 0) is 0 Å². The monoisotopic (exact) mass is 380 g/mol. The topological polar surface area (TPSA) is 75.9 Å². The summed E-state index contributed by atoms with van der Waals surface area (Å²) in [4.78, 5) is 29.3. The van der Waals surface area contributed by atoms with E-state index in [1.807, 2.05) is 30.3 Å². The van der Waals surface area contributed by atoms with Crippen LogP contribution in [0.4, 0.5) is 5.95 Å². The third-order valence-corrected chi connectivity index (χ3v) is 5.31. The molecule has 0 aliphatic rings. The molecule has 0 saturated carbocycles. The first kappa shape index (κ1) is 17.6. The van der Waals surface area contributed by atoms with Crippen molar-refractivity contribution in [3.8, 4) is 5.69 Å². The van der Waals surface area contributed by atoms with Gasteiger partial charge in [0, 0.05) is 12.7 Å². The van der Waals surface area contributed by atoms with Crippen LogP contribution in [0.3, 0.4) is 0 Å². The summed E-state index contributed by atoms with van der Waals surface area (Å²) in [5.74, 6) is 0.580. The minimum Gasteiger partial charge on any atom is -0.354 e. The maximum atomic E-state index is 12.9. The summed E-state index contributed by atoms with van der Waals surface area (Å²) >= 11 is 1.36. The summed E-state index contributed by atoms with van der Waals surface area (Å²) in [6.45, 7) is 1.80. The Bertz CT molecular complexity index is 1140. The van der Waals surface area contributed by atoms with E-state index >= 15 is 0 Å². The van der Waals surface area contributed by atoms with E-state index in [0.717, 1.165) is 35.4 Å². The van der Waals surface area contributed by atoms with Crippen LogP contribution in [0.2, 0.25) is 0 Å². The van der Waals surface area contributed by atoms with Crippen LogP contribution in [0.15, 0.2) is 47.7 Å². The molecule has 8 heteroatoms. The second-order valence-electron chi connectivity index (χ2n) is 6.53. The summed E-state index contributed by atoms with van der Waals surface area (Å²) in [6.07, 6.45) is 4.32. The molecule has 27 heavy (non-hydrogen) atoms. The number of nitrogens with zero attached hydrogens (tertiary/aromatic N) is 5. The van der Waals surface area contributed by atoms with Crippen LogP contribution in [0.1, 0.15) is 6.42 Å². The summed E-state index contributed by atoms with van der Waals surface area (Å²) < 4.78 is 2.15. The van der Waals surface area contributed by atoms with Gasteiger partial charge in [0.05, 0.1) is 16.6 Å². The molecule has 0 radical (unpaired) electrons. The maximum absolute atomic E-state index is 12.9. The molecular formula is C19H20N6OS. The van der Waals surface area contributed by atoms with Crippen molar-refractivity contribution < 1.29 is 0 Å². The predicted octanol–water partition coefficient (Wildman–Crippen LogP) is 2.75. The van der Waals surface area contributed by atoms with Crippen molar-refractivity contribution in [3.05, 3.63) is 53.2 Å². The number of thiophene rings is 1. The lowest BCUT2D eigenvalue weighted by Gasteiger charge is -2.09. The molecule has 0 atom stereocenters. The molecule has 4 aromatic rings. The Morgan fingerprint density at radius 2 is 2.00 bits per heavy atom. The van der Waals surface area contributed by atoms with Gasteiger partial charge in [-0.15, -0.1) is 11.3 Å².